The van der Waals surface area contributed by atoms with Gasteiger partial charge in [0.25, 0.3) is 0 Å². The average molecular weight is 251 g/mol. The van der Waals surface area contributed by atoms with Crippen molar-refractivity contribution in [2.45, 2.75) is 39.2 Å². The van der Waals surface area contributed by atoms with E-state index in [1.165, 1.54) is 18.4 Å². The van der Waals surface area contributed by atoms with Gasteiger partial charge in [0.15, 0.2) is 0 Å². The summed E-state index contributed by atoms with van der Waals surface area (Å²) in [6.45, 7) is 5.57. The monoisotopic (exact) mass is 251 g/mol. The first kappa shape index (κ1) is 15.0. The number of ether oxygens (including phenoxy) is 2. The van der Waals surface area contributed by atoms with Gasteiger partial charge in [-0.25, -0.2) is 0 Å². The molecule has 1 aromatic carbocycles. The molecule has 0 aliphatic heterocycles. The van der Waals surface area contributed by atoms with Crippen LogP contribution in [0.3, 0.4) is 0 Å². The molecule has 0 aliphatic rings. The SMILES string of the molecule is CCCCCOCC(N)c1cc(C)ccc1OC. The zero-order valence-corrected chi connectivity index (χ0v) is 11.7. The van der Waals surface area contributed by atoms with E-state index in [1.807, 2.05) is 12.1 Å². The Balaban J connectivity index is 2.49. The van der Waals surface area contributed by atoms with Crippen LogP contribution in [0, 0.1) is 6.92 Å². The summed E-state index contributed by atoms with van der Waals surface area (Å²) in [7, 11) is 1.67. The Bertz CT molecular complexity index is 352. The molecule has 0 amide bonds. The zero-order valence-electron chi connectivity index (χ0n) is 11.7. The number of methoxy groups -OCH3 is 1. The van der Waals surface area contributed by atoms with Gasteiger partial charge in [-0.15, -0.1) is 0 Å². The van der Waals surface area contributed by atoms with E-state index in [-0.39, 0.29) is 6.04 Å². The lowest BCUT2D eigenvalue weighted by Gasteiger charge is -2.16. The number of benzene rings is 1. The third kappa shape index (κ3) is 4.67. The Hall–Kier alpha value is -1.06. The van der Waals surface area contributed by atoms with Crippen LogP contribution in [-0.4, -0.2) is 20.3 Å². The summed E-state index contributed by atoms with van der Waals surface area (Å²) in [5.41, 5.74) is 8.36. The molecule has 1 atom stereocenters. The van der Waals surface area contributed by atoms with Crippen LogP contribution in [0.25, 0.3) is 0 Å². The number of rotatable bonds is 8. The van der Waals surface area contributed by atoms with E-state index < -0.39 is 0 Å². The fourth-order valence-electron chi connectivity index (χ4n) is 1.90. The summed E-state index contributed by atoms with van der Waals surface area (Å²) in [5, 5.41) is 0. The van der Waals surface area contributed by atoms with E-state index in [0.29, 0.717) is 6.61 Å². The van der Waals surface area contributed by atoms with Gasteiger partial charge in [0.2, 0.25) is 0 Å². The molecule has 3 heteroatoms. The molecule has 0 fully saturated rings. The lowest BCUT2D eigenvalue weighted by molar-refractivity contribution is 0.117. The van der Waals surface area contributed by atoms with Crippen molar-refractivity contribution in [1.82, 2.24) is 0 Å². The number of aryl methyl sites for hydroxylation is 1. The molecule has 1 rings (SSSR count). The molecule has 0 heterocycles. The Morgan fingerprint density at radius 3 is 2.72 bits per heavy atom. The first-order valence-electron chi connectivity index (χ1n) is 6.67. The molecule has 102 valence electrons. The topological polar surface area (TPSA) is 44.5 Å². The second-order valence-electron chi connectivity index (χ2n) is 4.63. The number of hydrogen-bond acceptors (Lipinski definition) is 3. The van der Waals surface area contributed by atoms with E-state index in [0.717, 1.165) is 24.3 Å². The third-order valence-corrected chi connectivity index (χ3v) is 2.97. The predicted octanol–water partition coefficient (Wildman–Crippen LogP) is 3.21. The maximum Gasteiger partial charge on any atom is 0.123 e. The van der Waals surface area contributed by atoms with Crippen molar-refractivity contribution in [3.63, 3.8) is 0 Å². The minimum absolute atomic E-state index is 0.124. The molecule has 0 saturated heterocycles. The summed E-state index contributed by atoms with van der Waals surface area (Å²) in [4.78, 5) is 0. The smallest absolute Gasteiger partial charge is 0.123 e. The molecule has 0 saturated carbocycles. The van der Waals surface area contributed by atoms with Crippen molar-refractivity contribution >= 4 is 0 Å². The highest BCUT2D eigenvalue weighted by Crippen LogP contribution is 2.25. The standard InChI is InChI=1S/C15H25NO2/c1-4-5-6-9-18-11-14(16)13-10-12(2)7-8-15(13)17-3/h7-8,10,14H,4-6,9,11,16H2,1-3H3. The van der Waals surface area contributed by atoms with Gasteiger partial charge in [0.05, 0.1) is 19.8 Å². The molecular weight excluding hydrogens is 226 g/mol. The molecule has 0 bridgehead atoms. The van der Waals surface area contributed by atoms with E-state index in [4.69, 9.17) is 15.2 Å². The number of unbranched alkanes of at least 4 members (excludes halogenated alkanes) is 2. The molecule has 18 heavy (non-hydrogen) atoms. The van der Waals surface area contributed by atoms with Crippen LogP contribution >= 0.6 is 0 Å². The Morgan fingerprint density at radius 2 is 2.06 bits per heavy atom. The fraction of sp³-hybridized carbons (Fsp3) is 0.600. The van der Waals surface area contributed by atoms with Gasteiger partial charge in [0.1, 0.15) is 5.75 Å². The number of nitrogens with two attached hydrogens (primary N) is 1. The average Bonchev–Trinajstić information content (AvgIpc) is 2.38. The van der Waals surface area contributed by atoms with Crippen LogP contribution in [0.1, 0.15) is 43.4 Å². The zero-order chi connectivity index (χ0) is 13.4. The van der Waals surface area contributed by atoms with Gasteiger partial charge in [-0.3, -0.25) is 0 Å². The highest BCUT2D eigenvalue weighted by atomic mass is 16.5. The van der Waals surface area contributed by atoms with Crippen LogP contribution in [0.15, 0.2) is 18.2 Å². The van der Waals surface area contributed by atoms with Gasteiger partial charge in [-0.2, -0.15) is 0 Å². The van der Waals surface area contributed by atoms with Crippen LogP contribution < -0.4 is 10.5 Å². The quantitative estimate of drug-likeness (QED) is 0.722. The van der Waals surface area contributed by atoms with Gasteiger partial charge < -0.3 is 15.2 Å². The first-order chi connectivity index (χ1) is 8.69. The lowest BCUT2D eigenvalue weighted by atomic mass is 10.0. The summed E-state index contributed by atoms with van der Waals surface area (Å²) in [6, 6.07) is 5.93. The largest absolute Gasteiger partial charge is 0.496 e. The second kappa shape index (κ2) is 8.11. The van der Waals surface area contributed by atoms with E-state index in [2.05, 4.69) is 19.9 Å². The van der Waals surface area contributed by atoms with Gasteiger partial charge in [-0.05, 0) is 19.4 Å². The number of hydrogen-bond donors (Lipinski definition) is 1. The molecule has 1 aromatic rings. The molecule has 2 N–H and O–H groups in total. The minimum Gasteiger partial charge on any atom is -0.496 e. The van der Waals surface area contributed by atoms with Gasteiger partial charge >= 0.3 is 0 Å². The van der Waals surface area contributed by atoms with Crippen LogP contribution in [0.2, 0.25) is 0 Å². The molecule has 0 spiro atoms. The molecule has 0 aliphatic carbocycles. The highest BCUT2D eigenvalue weighted by molar-refractivity contribution is 5.39. The minimum atomic E-state index is -0.124. The van der Waals surface area contributed by atoms with Crippen LogP contribution in [0.5, 0.6) is 5.75 Å². The Morgan fingerprint density at radius 1 is 1.28 bits per heavy atom. The molecular formula is C15H25NO2. The van der Waals surface area contributed by atoms with Crippen molar-refractivity contribution < 1.29 is 9.47 Å². The molecule has 3 nitrogen and oxygen atoms in total. The van der Waals surface area contributed by atoms with Crippen LogP contribution in [-0.2, 0) is 4.74 Å². The van der Waals surface area contributed by atoms with Crippen LogP contribution in [0.4, 0.5) is 0 Å². The van der Waals surface area contributed by atoms with Crippen molar-refractivity contribution in [2.24, 2.45) is 5.73 Å². The Labute approximate surface area is 110 Å². The normalized spacial score (nSPS) is 12.4. The van der Waals surface area contributed by atoms with E-state index in [9.17, 15) is 0 Å². The highest BCUT2D eigenvalue weighted by Gasteiger charge is 2.12. The Kier molecular flexibility index (Phi) is 6.76. The van der Waals surface area contributed by atoms with Crippen molar-refractivity contribution in [3.8, 4) is 5.75 Å². The third-order valence-electron chi connectivity index (χ3n) is 2.97. The summed E-state index contributed by atoms with van der Waals surface area (Å²) in [6.07, 6.45) is 3.53. The molecule has 0 radical (unpaired) electrons. The molecule has 1 unspecified atom stereocenters. The first-order valence-corrected chi connectivity index (χ1v) is 6.67. The summed E-state index contributed by atoms with van der Waals surface area (Å²) < 4.78 is 10.9. The maximum absolute atomic E-state index is 6.15. The van der Waals surface area contributed by atoms with Crippen molar-refractivity contribution in [1.29, 1.82) is 0 Å². The summed E-state index contributed by atoms with van der Waals surface area (Å²) in [5.74, 6) is 0.838. The second-order valence-corrected chi connectivity index (χ2v) is 4.63. The fourth-order valence-corrected chi connectivity index (χ4v) is 1.90. The van der Waals surface area contributed by atoms with Gasteiger partial charge in [-0.1, -0.05) is 37.5 Å². The van der Waals surface area contributed by atoms with E-state index in [1.54, 1.807) is 7.11 Å². The lowest BCUT2D eigenvalue weighted by Crippen LogP contribution is -2.18. The maximum atomic E-state index is 6.15. The molecule has 0 aromatic heterocycles. The summed E-state index contributed by atoms with van der Waals surface area (Å²) >= 11 is 0. The van der Waals surface area contributed by atoms with Crippen molar-refractivity contribution in [3.05, 3.63) is 29.3 Å². The van der Waals surface area contributed by atoms with E-state index >= 15 is 0 Å². The predicted molar refractivity (Wildman–Crippen MR) is 75.0 cm³/mol. The van der Waals surface area contributed by atoms with Crippen molar-refractivity contribution in [2.75, 3.05) is 20.3 Å². The van der Waals surface area contributed by atoms with Gasteiger partial charge in [0, 0.05) is 12.2 Å².